The number of hydrogen-bond acceptors (Lipinski definition) is 1. The van der Waals surface area contributed by atoms with E-state index in [1.807, 2.05) is 0 Å². The van der Waals surface area contributed by atoms with E-state index in [0.29, 0.717) is 0 Å². The molecule has 15 heavy (non-hydrogen) atoms. The number of aliphatic carboxylic acids is 1. The highest BCUT2D eigenvalue weighted by atomic mass is 19.4. The molecule has 90 valence electrons. The molecule has 0 bridgehead atoms. The van der Waals surface area contributed by atoms with Gasteiger partial charge in [0.2, 0.25) is 0 Å². The fraction of sp³-hybridized carbons (Fsp3) is 0.167. The van der Waals surface area contributed by atoms with Crippen molar-refractivity contribution >= 4 is 5.97 Å². The molecular formula is C6H5F7O2. The second-order valence-electron chi connectivity index (χ2n) is 1.32. The van der Waals surface area contributed by atoms with Gasteiger partial charge in [-0.15, -0.1) is 13.2 Å². The molecule has 2 nitrogen and oxygen atoms in total. The van der Waals surface area contributed by atoms with E-state index in [9.17, 15) is 30.7 Å². The highest BCUT2D eigenvalue weighted by Gasteiger charge is 2.38. The maximum atomic E-state index is 10.6. The largest absolute Gasteiger partial charge is 0.490 e. The van der Waals surface area contributed by atoms with Crippen LogP contribution in [0.5, 0.6) is 0 Å². The smallest absolute Gasteiger partial charge is 0.475 e. The summed E-state index contributed by atoms with van der Waals surface area (Å²) >= 11 is 0. The zero-order valence-corrected chi connectivity index (χ0v) is 6.92. The van der Waals surface area contributed by atoms with Crippen LogP contribution in [0.15, 0.2) is 25.3 Å². The molecule has 1 N–H and O–H groups in total. The van der Waals surface area contributed by atoms with Gasteiger partial charge in [0.25, 0.3) is 0 Å². The van der Waals surface area contributed by atoms with Crippen molar-refractivity contribution in [1.29, 1.82) is 0 Å². The van der Waals surface area contributed by atoms with Crippen molar-refractivity contribution in [2.75, 3.05) is 0 Å². The molecule has 0 aromatic carbocycles. The van der Waals surface area contributed by atoms with E-state index < -0.39 is 24.3 Å². The maximum absolute atomic E-state index is 10.6. The first-order valence-corrected chi connectivity index (χ1v) is 2.75. The van der Waals surface area contributed by atoms with Crippen LogP contribution in [0.1, 0.15) is 0 Å². The molecule has 0 aliphatic heterocycles. The third-order valence-corrected chi connectivity index (χ3v) is 0.385. The molecule has 0 aromatic rings. The summed E-state index contributed by atoms with van der Waals surface area (Å²) < 4.78 is 72.9. The normalized spacial score (nSPS) is 8.73. The minimum atomic E-state index is -5.08. The molecule has 0 radical (unpaired) electrons. The summed E-state index contributed by atoms with van der Waals surface area (Å²) in [5.74, 6) is -2.76. The highest BCUT2D eigenvalue weighted by Crippen LogP contribution is 2.13. The first-order valence-electron chi connectivity index (χ1n) is 2.75. The number of carboxylic acids is 1. The molecule has 0 amide bonds. The Labute approximate surface area is 79.3 Å². The van der Waals surface area contributed by atoms with Crippen LogP contribution in [0.25, 0.3) is 0 Å². The molecule has 0 heterocycles. The lowest BCUT2D eigenvalue weighted by Gasteiger charge is -1.93. The second kappa shape index (κ2) is 9.03. The van der Waals surface area contributed by atoms with Crippen molar-refractivity contribution in [2.24, 2.45) is 0 Å². The lowest BCUT2D eigenvalue weighted by atomic mass is 10.7. The minimum absolute atomic E-state index is 2.76. The molecule has 0 aliphatic rings. The first-order chi connectivity index (χ1) is 6.59. The number of rotatable bonds is 0. The third kappa shape index (κ3) is 19.0. The lowest BCUT2D eigenvalue weighted by Crippen LogP contribution is -2.21. The molecule has 0 rings (SSSR count). The molecular weight excluding hydrogens is 237 g/mol. The first kappa shape index (κ1) is 19.1. The molecule has 0 unspecified atom stereocenters. The van der Waals surface area contributed by atoms with E-state index in [2.05, 4.69) is 13.2 Å². The number of halogens is 7. The van der Waals surface area contributed by atoms with Gasteiger partial charge in [-0.3, -0.25) is 0 Å². The van der Waals surface area contributed by atoms with Crippen LogP contribution < -0.4 is 0 Å². The quantitative estimate of drug-likeness (QED) is 0.522. The van der Waals surface area contributed by atoms with E-state index >= 15 is 0 Å². The van der Waals surface area contributed by atoms with Crippen molar-refractivity contribution in [3.8, 4) is 0 Å². The molecule has 0 aliphatic carbocycles. The Bertz CT molecular complexity index is 202. The number of carbonyl (C=O) groups is 1. The fourth-order valence-corrected chi connectivity index (χ4v) is 0. The van der Waals surface area contributed by atoms with E-state index in [4.69, 9.17) is 9.90 Å². The van der Waals surface area contributed by atoms with Gasteiger partial charge in [0, 0.05) is 0 Å². The van der Waals surface area contributed by atoms with Gasteiger partial charge in [0.15, 0.2) is 0 Å². The third-order valence-electron chi connectivity index (χ3n) is 0.385. The van der Waals surface area contributed by atoms with Crippen LogP contribution in [0.4, 0.5) is 30.7 Å². The number of hydrogen-bond donors (Lipinski definition) is 1. The predicted molar refractivity (Wildman–Crippen MR) is 36.4 cm³/mol. The van der Waals surface area contributed by atoms with Gasteiger partial charge in [-0.2, -0.15) is 30.7 Å². The maximum Gasteiger partial charge on any atom is 0.490 e. The van der Waals surface area contributed by atoms with Crippen LogP contribution >= 0.6 is 0 Å². The lowest BCUT2D eigenvalue weighted by molar-refractivity contribution is -0.192. The molecule has 0 atom stereocenters. The zero-order valence-electron chi connectivity index (χ0n) is 6.92. The average Bonchev–Trinajstić information content (AvgIpc) is 2.07. The fourth-order valence-electron chi connectivity index (χ4n) is 0. The number of alkyl halides is 3. The van der Waals surface area contributed by atoms with Crippen molar-refractivity contribution in [3.05, 3.63) is 25.3 Å². The Balaban J connectivity index is -0.000000166. The van der Waals surface area contributed by atoms with Crippen molar-refractivity contribution < 1.29 is 40.6 Å². The van der Waals surface area contributed by atoms with Crippen LogP contribution in [-0.4, -0.2) is 17.3 Å². The van der Waals surface area contributed by atoms with E-state index in [1.165, 1.54) is 0 Å². The minimum Gasteiger partial charge on any atom is -0.475 e. The number of carboxylic acid groups (broad SMARTS) is 1. The van der Waals surface area contributed by atoms with Gasteiger partial charge >= 0.3 is 24.3 Å². The summed E-state index contributed by atoms with van der Waals surface area (Å²) in [6.45, 7) is 6.00. The zero-order chi connectivity index (χ0) is 13.2. The molecule has 0 aromatic heterocycles. The Morgan fingerprint density at radius 3 is 1.07 bits per heavy atom. The van der Waals surface area contributed by atoms with E-state index in [1.54, 1.807) is 0 Å². The van der Waals surface area contributed by atoms with Crippen LogP contribution in [0.3, 0.4) is 0 Å². The van der Waals surface area contributed by atoms with Crippen molar-refractivity contribution in [2.45, 2.75) is 6.18 Å². The Morgan fingerprint density at radius 2 is 1.07 bits per heavy atom. The van der Waals surface area contributed by atoms with Gasteiger partial charge in [-0.25, -0.2) is 4.79 Å². The van der Waals surface area contributed by atoms with Crippen LogP contribution in [0.2, 0.25) is 0 Å². The summed E-state index contributed by atoms with van der Waals surface area (Å²) in [7, 11) is 0. The summed E-state index contributed by atoms with van der Waals surface area (Å²) in [5.41, 5.74) is 0. The van der Waals surface area contributed by atoms with Crippen LogP contribution in [-0.2, 0) is 4.79 Å². The van der Waals surface area contributed by atoms with Gasteiger partial charge in [0.1, 0.15) is 0 Å². The van der Waals surface area contributed by atoms with Crippen molar-refractivity contribution in [1.82, 2.24) is 0 Å². The summed E-state index contributed by atoms with van der Waals surface area (Å²) in [5, 5.41) is 7.12. The molecule has 0 fully saturated rings. The monoisotopic (exact) mass is 242 g/mol. The standard InChI is InChI=1S/C2F4.C2HF3O2.C2H4/c3-1(4)2(5)6;3-2(4,5)1(6)7;1-2/h;(H,6,7);1-2H2. The summed E-state index contributed by atoms with van der Waals surface area (Å²) in [6.07, 6.45) is -10.9. The van der Waals surface area contributed by atoms with Gasteiger partial charge < -0.3 is 5.11 Å². The molecule has 0 saturated heterocycles. The topological polar surface area (TPSA) is 37.3 Å². The summed E-state index contributed by atoms with van der Waals surface area (Å²) in [6, 6.07) is 0. The van der Waals surface area contributed by atoms with Crippen LogP contribution in [0, 0.1) is 0 Å². The van der Waals surface area contributed by atoms with Gasteiger partial charge in [-0.1, -0.05) is 0 Å². The van der Waals surface area contributed by atoms with E-state index in [-0.39, 0.29) is 0 Å². The summed E-state index contributed by atoms with van der Waals surface area (Å²) in [4.78, 5) is 8.90. The van der Waals surface area contributed by atoms with Crippen molar-refractivity contribution in [3.63, 3.8) is 0 Å². The molecule has 0 spiro atoms. The Hall–Kier alpha value is -1.54. The average molecular weight is 242 g/mol. The Morgan fingerprint density at radius 1 is 0.933 bits per heavy atom. The molecule has 9 heteroatoms. The Kier molecular flexibility index (Phi) is 11.5. The van der Waals surface area contributed by atoms with Gasteiger partial charge in [0.05, 0.1) is 0 Å². The van der Waals surface area contributed by atoms with Gasteiger partial charge in [-0.05, 0) is 0 Å². The molecule has 0 saturated carbocycles. The second-order valence-corrected chi connectivity index (χ2v) is 1.32. The van der Waals surface area contributed by atoms with E-state index in [0.717, 1.165) is 0 Å². The predicted octanol–water partition coefficient (Wildman–Crippen LogP) is 3.43. The SMILES string of the molecule is C=C.FC(F)=C(F)F.O=C(O)C(F)(F)F. The highest BCUT2D eigenvalue weighted by molar-refractivity contribution is 5.73.